The molecule has 0 heterocycles. The molecule has 0 atom stereocenters. The topological polar surface area (TPSA) is 71.3 Å². The molecule has 0 radical (unpaired) electrons. The average molecular weight is 460 g/mol. The number of anilines is 1. The first kappa shape index (κ1) is 21.4. The molecule has 5 nitrogen and oxygen atoms in total. The van der Waals surface area contributed by atoms with Gasteiger partial charge in [-0.25, -0.2) is 0 Å². The normalized spacial score (nSPS) is 10.5. The number of ether oxygens (including phenoxy) is 2. The Balaban J connectivity index is 2.32. The summed E-state index contributed by atoms with van der Waals surface area (Å²) in [6.07, 6.45) is 6.70. The number of halogens is 2. The minimum Gasteiger partial charge on any atom is -0.490 e. The number of hydrogen-bond acceptors (Lipinski definition) is 4. The second-order valence-electron chi connectivity index (χ2n) is 5.39. The summed E-state index contributed by atoms with van der Waals surface area (Å²) in [5.41, 5.74) is 1.05. The molecule has 0 bridgehead atoms. The number of amides is 1. The minimum atomic E-state index is -0.536. The maximum Gasteiger partial charge on any atom is 0.266 e. The van der Waals surface area contributed by atoms with Crippen LogP contribution in [0, 0.1) is 23.7 Å². The van der Waals surface area contributed by atoms with Gasteiger partial charge in [0.25, 0.3) is 5.91 Å². The molecule has 0 unspecified atom stereocenters. The van der Waals surface area contributed by atoms with E-state index >= 15 is 0 Å². The summed E-state index contributed by atoms with van der Waals surface area (Å²) in [6, 6.07) is 11.9. The van der Waals surface area contributed by atoms with Gasteiger partial charge in [0.1, 0.15) is 18.2 Å². The molecule has 1 amide bonds. The summed E-state index contributed by atoms with van der Waals surface area (Å²) in [5, 5.41) is 12.6. The van der Waals surface area contributed by atoms with Crippen molar-refractivity contribution >= 4 is 45.2 Å². The van der Waals surface area contributed by atoms with E-state index in [1.54, 1.807) is 36.4 Å². The van der Waals surface area contributed by atoms with Crippen molar-refractivity contribution in [3.05, 3.63) is 57.0 Å². The largest absolute Gasteiger partial charge is 0.490 e. The van der Waals surface area contributed by atoms with Crippen LogP contribution in [0.5, 0.6) is 11.5 Å². The van der Waals surface area contributed by atoms with Crippen LogP contribution < -0.4 is 14.8 Å². The Morgan fingerprint density at radius 1 is 1.32 bits per heavy atom. The van der Waals surface area contributed by atoms with Crippen molar-refractivity contribution in [1.29, 1.82) is 5.26 Å². The van der Waals surface area contributed by atoms with Crippen molar-refractivity contribution in [2.45, 2.75) is 6.92 Å². The standard InChI is InChI=1S/C21H16BrClN2O3/c1-3-9-28-20-18(22)11-14(12-19(20)27-4-2)10-15(13-24)21(26)25-17-7-5-16(23)6-8-17/h1,5-8,10-12H,4,9H2,2H3,(H,25,26)/b15-10+. The van der Waals surface area contributed by atoms with E-state index < -0.39 is 5.91 Å². The van der Waals surface area contributed by atoms with Crippen LogP contribution in [-0.4, -0.2) is 19.1 Å². The third-order valence-corrected chi connectivity index (χ3v) is 4.25. The first-order valence-electron chi connectivity index (χ1n) is 8.19. The SMILES string of the molecule is C#CCOc1c(Br)cc(/C=C(\C#N)C(=O)Nc2ccc(Cl)cc2)cc1OCC. The van der Waals surface area contributed by atoms with Gasteiger partial charge in [-0.05, 0) is 70.9 Å². The van der Waals surface area contributed by atoms with E-state index in [4.69, 9.17) is 27.5 Å². The predicted molar refractivity (Wildman–Crippen MR) is 113 cm³/mol. The molecule has 0 aromatic heterocycles. The lowest BCUT2D eigenvalue weighted by atomic mass is 10.1. The van der Waals surface area contributed by atoms with Crippen molar-refractivity contribution in [1.82, 2.24) is 0 Å². The summed E-state index contributed by atoms with van der Waals surface area (Å²) in [6.45, 7) is 2.33. The molecule has 0 spiro atoms. The second kappa shape index (κ2) is 10.4. The van der Waals surface area contributed by atoms with Gasteiger partial charge in [0.05, 0.1) is 11.1 Å². The van der Waals surface area contributed by atoms with Gasteiger partial charge in [-0.1, -0.05) is 17.5 Å². The number of nitriles is 1. The first-order chi connectivity index (χ1) is 13.5. The van der Waals surface area contributed by atoms with Crippen LogP contribution in [-0.2, 0) is 4.79 Å². The van der Waals surface area contributed by atoms with E-state index in [0.717, 1.165) is 0 Å². The fraction of sp³-hybridized carbons (Fsp3) is 0.143. The highest BCUT2D eigenvalue weighted by Gasteiger charge is 2.14. The number of carbonyl (C=O) groups is 1. The summed E-state index contributed by atoms with van der Waals surface area (Å²) >= 11 is 9.24. The van der Waals surface area contributed by atoms with Gasteiger partial charge in [-0.2, -0.15) is 5.26 Å². The highest BCUT2D eigenvalue weighted by molar-refractivity contribution is 9.10. The lowest BCUT2D eigenvalue weighted by Crippen LogP contribution is -2.13. The van der Waals surface area contributed by atoms with Gasteiger partial charge in [0, 0.05) is 10.7 Å². The number of hydrogen-bond donors (Lipinski definition) is 1. The third kappa shape index (κ3) is 5.79. The van der Waals surface area contributed by atoms with Gasteiger partial charge >= 0.3 is 0 Å². The molecule has 0 saturated heterocycles. The number of nitrogens with zero attached hydrogens (tertiary/aromatic N) is 1. The number of nitrogens with one attached hydrogen (secondary N) is 1. The lowest BCUT2D eigenvalue weighted by molar-refractivity contribution is -0.112. The number of terminal acetylenes is 1. The van der Waals surface area contributed by atoms with Crippen LogP contribution in [0.2, 0.25) is 5.02 Å². The number of carbonyl (C=O) groups excluding carboxylic acids is 1. The Kier molecular flexibility index (Phi) is 7.95. The smallest absolute Gasteiger partial charge is 0.266 e. The molecule has 2 rings (SSSR count). The quantitative estimate of drug-likeness (QED) is 0.357. The zero-order valence-electron chi connectivity index (χ0n) is 15.0. The van der Waals surface area contributed by atoms with E-state index in [2.05, 4.69) is 27.2 Å². The molecule has 2 aromatic carbocycles. The van der Waals surface area contributed by atoms with Crippen molar-refractivity contribution in [3.8, 4) is 29.9 Å². The van der Waals surface area contributed by atoms with E-state index in [9.17, 15) is 10.1 Å². The highest BCUT2D eigenvalue weighted by atomic mass is 79.9. The van der Waals surface area contributed by atoms with Crippen LogP contribution >= 0.6 is 27.5 Å². The van der Waals surface area contributed by atoms with Crippen molar-refractivity contribution in [2.75, 3.05) is 18.5 Å². The number of rotatable bonds is 7. The van der Waals surface area contributed by atoms with Gasteiger partial charge in [0.15, 0.2) is 11.5 Å². The van der Waals surface area contributed by atoms with E-state index in [-0.39, 0.29) is 12.2 Å². The Hall–Kier alpha value is -2.93. The predicted octanol–water partition coefficient (Wildman–Crippen LogP) is 5.06. The molecular formula is C21H16BrClN2O3. The molecule has 0 aliphatic heterocycles. The maximum atomic E-state index is 12.4. The monoisotopic (exact) mass is 458 g/mol. The molecule has 142 valence electrons. The molecule has 1 N–H and O–H groups in total. The zero-order valence-corrected chi connectivity index (χ0v) is 17.3. The van der Waals surface area contributed by atoms with Crippen molar-refractivity contribution < 1.29 is 14.3 Å². The van der Waals surface area contributed by atoms with Crippen LogP contribution in [0.25, 0.3) is 6.08 Å². The number of benzene rings is 2. The Bertz CT molecular complexity index is 973. The van der Waals surface area contributed by atoms with Gasteiger partial charge in [0.2, 0.25) is 0 Å². The molecule has 0 fully saturated rings. The van der Waals surface area contributed by atoms with Crippen LogP contribution in [0.15, 0.2) is 46.4 Å². The summed E-state index contributed by atoms with van der Waals surface area (Å²) < 4.78 is 11.7. The first-order valence-corrected chi connectivity index (χ1v) is 9.37. The fourth-order valence-corrected chi connectivity index (χ4v) is 2.94. The summed E-state index contributed by atoms with van der Waals surface area (Å²) in [5.74, 6) is 2.77. The second-order valence-corrected chi connectivity index (χ2v) is 6.68. The Labute approximate surface area is 177 Å². The van der Waals surface area contributed by atoms with Crippen LogP contribution in [0.1, 0.15) is 12.5 Å². The van der Waals surface area contributed by atoms with E-state index in [0.29, 0.717) is 38.9 Å². The molecule has 2 aromatic rings. The molecule has 0 aliphatic carbocycles. The van der Waals surface area contributed by atoms with E-state index in [1.165, 1.54) is 6.08 Å². The molecule has 0 aliphatic rings. The Morgan fingerprint density at radius 2 is 2.04 bits per heavy atom. The molecule has 7 heteroatoms. The van der Waals surface area contributed by atoms with Gasteiger partial charge in [-0.3, -0.25) is 4.79 Å². The summed E-state index contributed by atoms with van der Waals surface area (Å²) in [7, 11) is 0. The van der Waals surface area contributed by atoms with Crippen molar-refractivity contribution in [2.24, 2.45) is 0 Å². The minimum absolute atomic E-state index is 0.0680. The van der Waals surface area contributed by atoms with Crippen LogP contribution in [0.4, 0.5) is 5.69 Å². The summed E-state index contributed by atoms with van der Waals surface area (Å²) in [4.78, 5) is 12.4. The molecular weight excluding hydrogens is 444 g/mol. The Morgan fingerprint density at radius 3 is 2.64 bits per heavy atom. The average Bonchev–Trinajstić information content (AvgIpc) is 2.67. The van der Waals surface area contributed by atoms with E-state index in [1.807, 2.05) is 13.0 Å². The molecule has 28 heavy (non-hydrogen) atoms. The lowest BCUT2D eigenvalue weighted by Gasteiger charge is -2.13. The molecule has 0 saturated carbocycles. The van der Waals surface area contributed by atoms with Gasteiger partial charge < -0.3 is 14.8 Å². The van der Waals surface area contributed by atoms with Crippen molar-refractivity contribution in [3.63, 3.8) is 0 Å². The third-order valence-electron chi connectivity index (χ3n) is 3.41. The zero-order chi connectivity index (χ0) is 20.5. The van der Waals surface area contributed by atoms with Gasteiger partial charge in [-0.15, -0.1) is 6.42 Å². The van der Waals surface area contributed by atoms with Crippen LogP contribution in [0.3, 0.4) is 0 Å². The highest BCUT2D eigenvalue weighted by Crippen LogP contribution is 2.37. The fourth-order valence-electron chi connectivity index (χ4n) is 2.24. The maximum absolute atomic E-state index is 12.4.